The predicted octanol–water partition coefficient (Wildman–Crippen LogP) is 5.87. The minimum Gasteiger partial charge on any atom is -0.381 e. The Labute approximate surface area is 177 Å². The van der Waals surface area contributed by atoms with Crippen LogP contribution in [0.4, 0.5) is 5.69 Å². The first-order valence-electron chi connectivity index (χ1n) is 8.70. The van der Waals surface area contributed by atoms with Crippen LogP contribution in [0.2, 0.25) is 5.02 Å². The molecular formula is C22H19BrClN3O. The highest BCUT2D eigenvalue weighted by Gasteiger charge is 2.05. The molecule has 1 amide bonds. The van der Waals surface area contributed by atoms with Gasteiger partial charge in [0.25, 0.3) is 5.91 Å². The van der Waals surface area contributed by atoms with E-state index in [1.165, 1.54) is 0 Å². The van der Waals surface area contributed by atoms with Gasteiger partial charge in [-0.15, -0.1) is 0 Å². The maximum atomic E-state index is 12.3. The summed E-state index contributed by atoms with van der Waals surface area (Å²) in [7, 11) is 0. The fourth-order valence-electron chi connectivity index (χ4n) is 2.50. The third-order valence-corrected chi connectivity index (χ3v) is 4.92. The van der Waals surface area contributed by atoms with Crippen LogP contribution in [0.1, 0.15) is 28.4 Å². The lowest BCUT2D eigenvalue weighted by atomic mass is 10.1. The Bertz CT molecular complexity index is 968. The molecule has 0 spiro atoms. The Kier molecular flexibility index (Phi) is 6.85. The average molecular weight is 457 g/mol. The van der Waals surface area contributed by atoms with E-state index in [0.717, 1.165) is 32.0 Å². The molecule has 0 aliphatic heterocycles. The van der Waals surface area contributed by atoms with E-state index in [1.807, 2.05) is 67.6 Å². The molecule has 4 nitrogen and oxygen atoms in total. The first kappa shape index (κ1) is 20.1. The summed E-state index contributed by atoms with van der Waals surface area (Å²) in [5.74, 6) is -0.249. The summed E-state index contributed by atoms with van der Waals surface area (Å²) >= 11 is 9.29. The van der Waals surface area contributed by atoms with Crippen molar-refractivity contribution in [3.05, 3.63) is 99.0 Å². The smallest absolute Gasteiger partial charge is 0.271 e. The highest BCUT2D eigenvalue weighted by molar-refractivity contribution is 9.10. The van der Waals surface area contributed by atoms with Gasteiger partial charge in [0, 0.05) is 27.3 Å². The Morgan fingerprint density at radius 3 is 2.18 bits per heavy atom. The Hall–Kier alpha value is -2.63. The summed E-state index contributed by atoms with van der Waals surface area (Å²) in [6.45, 7) is 2.53. The van der Waals surface area contributed by atoms with Crippen molar-refractivity contribution in [3.63, 3.8) is 0 Å². The Morgan fingerprint density at radius 1 is 0.929 bits per heavy atom. The van der Waals surface area contributed by atoms with Crippen molar-refractivity contribution in [2.24, 2.45) is 5.10 Å². The van der Waals surface area contributed by atoms with Gasteiger partial charge in [0.05, 0.1) is 5.71 Å². The third kappa shape index (κ3) is 5.68. The second kappa shape index (κ2) is 9.53. The van der Waals surface area contributed by atoms with Crippen molar-refractivity contribution in [2.75, 3.05) is 5.32 Å². The summed E-state index contributed by atoms with van der Waals surface area (Å²) in [4.78, 5) is 12.3. The van der Waals surface area contributed by atoms with Gasteiger partial charge < -0.3 is 5.32 Å². The van der Waals surface area contributed by atoms with Gasteiger partial charge in [0.15, 0.2) is 0 Å². The lowest BCUT2D eigenvalue weighted by Gasteiger charge is -2.08. The number of amides is 1. The molecule has 0 radical (unpaired) electrons. The number of halogens is 2. The van der Waals surface area contributed by atoms with E-state index < -0.39 is 0 Å². The Morgan fingerprint density at radius 2 is 1.54 bits per heavy atom. The summed E-state index contributed by atoms with van der Waals surface area (Å²) in [6.07, 6.45) is 0. The van der Waals surface area contributed by atoms with Crippen LogP contribution in [0, 0.1) is 0 Å². The van der Waals surface area contributed by atoms with Crippen molar-refractivity contribution < 1.29 is 4.79 Å². The fraction of sp³-hybridized carbons (Fsp3) is 0.0909. The molecule has 0 saturated carbocycles. The van der Waals surface area contributed by atoms with Crippen LogP contribution < -0.4 is 10.7 Å². The van der Waals surface area contributed by atoms with Gasteiger partial charge in [-0.2, -0.15) is 5.10 Å². The van der Waals surface area contributed by atoms with Gasteiger partial charge in [-0.05, 0) is 66.6 Å². The normalized spacial score (nSPS) is 11.2. The number of carbonyl (C=O) groups is 1. The minimum absolute atomic E-state index is 0.249. The van der Waals surface area contributed by atoms with E-state index in [0.29, 0.717) is 12.1 Å². The quantitative estimate of drug-likeness (QED) is 0.360. The number of nitrogens with zero attached hydrogens (tertiary/aromatic N) is 1. The molecule has 0 heterocycles. The van der Waals surface area contributed by atoms with Gasteiger partial charge in [-0.3, -0.25) is 4.79 Å². The van der Waals surface area contributed by atoms with Crippen molar-refractivity contribution in [1.29, 1.82) is 0 Å². The largest absolute Gasteiger partial charge is 0.381 e. The molecule has 3 aromatic carbocycles. The number of hydrogen-bond acceptors (Lipinski definition) is 3. The first-order chi connectivity index (χ1) is 13.5. The number of anilines is 1. The summed E-state index contributed by atoms with van der Waals surface area (Å²) in [5, 5.41) is 8.22. The first-order valence-corrected chi connectivity index (χ1v) is 9.87. The zero-order valence-corrected chi connectivity index (χ0v) is 17.6. The van der Waals surface area contributed by atoms with Crippen molar-refractivity contribution >= 4 is 44.8 Å². The molecular weight excluding hydrogens is 438 g/mol. The van der Waals surface area contributed by atoms with Gasteiger partial charge >= 0.3 is 0 Å². The summed E-state index contributed by atoms with van der Waals surface area (Å²) in [6, 6.07) is 22.7. The maximum Gasteiger partial charge on any atom is 0.271 e. The highest BCUT2D eigenvalue weighted by atomic mass is 79.9. The topological polar surface area (TPSA) is 53.5 Å². The molecule has 0 atom stereocenters. The summed E-state index contributed by atoms with van der Waals surface area (Å²) in [5.41, 5.74) is 6.89. The van der Waals surface area contributed by atoms with Crippen LogP contribution in [0.25, 0.3) is 0 Å². The number of hydrogen-bond donors (Lipinski definition) is 2. The second-order valence-electron chi connectivity index (χ2n) is 6.20. The van der Waals surface area contributed by atoms with E-state index in [-0.39, 0.29) is 5.91 Å². The van der Waals surface area contributed by atoms with Gasteiger partial charge in [-0.1, -0.05) is 51.8 Å². The van der Waals surface area contributed by atoms with Gasteiger partial charge in [0.1, 0.15) is 0 Å². The molecule has 3 rings (SSSR count). The van der Waals surface area contributed by atoms with Crippen molar-refractivity contribution in [3.8, 4) is 0 Å². The molecule has 0 aromatic heterocycles. The minimum atomic E-state index is -0.249. The molecule has 142 valence electrons. The van der Waals surface area contributed by atoms with E-state index in [2.05, 4.69) is 31.8 Å². The molecule has 0 bridgehead atoms. The SMILES string of the molecule is C/C(=N\NC(=O)c1ccc(NCc2ccc(Cl)cc2)cc1)c1ccc(Br)cc1. The van der Waals surface area contributed by atoms with Crippen molar-refractivity contribution in [2.45, 2.75) is 13.5 Å². The molecule has 0 unspecified atom stereocenters. The highest BCUT2D eigenvalue weighted by Crippen LogP contribution is 2.14. The van der Waals surface area contributed by atoms with Gasteiger partial charge in [0.2, 0.25) is 0 Å². The van der Waals surface area contributed by atoms with Crippen molar-refractivity contribution in [1.82, 2.24) is 5.43 Å². The predicted molar refractivity (Wildman–Crippen MR) is 119 cm³/mol. The van der Waals surface area contributed by atoms with Crippen LogP contribution in [-0.2, 0) is 6.54 Å². The third-order valence-electron chi connectivity index (χ3n) is 4.14. The molecule has 0 aliphatic rings. The van der Waals surface area contributed by atoms with Crippen LogP contribution in [-0.4, -0.2) is 11.6 Å². The van der Waals surface area contributed by atoms with Crippen LogP contribution >= 0.6 is 27.5 Å². The van der Waals surface area contributed by atoms with Crippen LogP contribution in [0.15, 0.2) is 82.4 Å². The molecule has 6 heteroatoms. The lowest BCUT2D eigenvalue weighted by molar-refractivity contribution is 0.0955. The van der Waals surface area contributed by atoms with E-state index >= 15 is 0 Å². The molecule has 28 heavy (non-hydrogen) atoms. The second-order valence-corrected chi connectivity index (χ2v) is 7.55. The van der Waals surface area contributed by atoms with Crippen LogP contribution in [0.3, 0.4) is 0 Å². The van der Waals surface area contributed by atoms with Gasteiger partial charge in [-0.25, -0.2) is 5.43 Å². The molecule has 0 saturated heterocycles. The van der Waals surface area contributed by atoms with Crippen LogP contribution in [0.5, 0.6) is 0 Å². The monoisotopic (exact) mass is 455 g/mol. The summed E-state index contributed by atoms with van der Waals surface area (Å²) < 4.78 is 0.998. The zero-order valence-electron chi connectivity index (χ0n) is 15.2. The number of hydrazone groups is 1. The molecule has 2 N–H and O–H groups in total. The number of rotatable bonds is 6. The average Bonchev–Trinajstić information content (AvgIpc) is 2.72. The van der Waals surface area contributed by atoms with E-state index in [9.17, 15) is 4.79 Å². The number of benzene rings is 3. The fourth-order valence-corrected chi connectivity index (χ4v) is 2.89. The Balaban J connectivity index is 1.56. The standard InChI is InChI=1S/C22H19BrClN3O/c1-15(17-4-8-19(23)9-5-17)26-27-22(28)18-6-12-21(13-7-18)25-14-16-2-10-20(24)11-3-16/h2-13,25H,14H2,1H3,(H,27,28)/b26-15+. The number of carbonyl (C=O) groups excluding carboxylic acids is 1. The maximum absolute atomic E-state index is 12.3. The molecule has 3 aromatic rings. The van der Waals surface area contributed by atoms with E-state index in [1.54, 1.807) is 12.1 Å². The molecule has 0 fully saturated rings. The zero-order chi connectivity index (χ0) is 19.9. The number of nitrogens with one attached hydrogen (secondary N) is 2. The molecule has 0 aliphatic carbocycles. The lowest BCUT2D eigenvalue weighted by Crippen LogP contribution is -2.19. The van der Waals surface area contributed by atoms with E-state index in [4.69, 9.17) is 11.6 Å².